The van der Waals surface area contributed by atoms with Crippen LogP contribution in [-0.4, -0.2) is 43.3 Å². The van der Waals surface area contributed by atoms with Gasteiger partial charge in [-0.25, -0.2) is 8.42 Å². The van der Waals surface area contributed by atoms with Crippen LogP contribution in [0.2, 0.25) is 0 Å². The topological polar surface area (TPSA) is 54.5 Å². The Morgan fingerprint density at radius 1 is 1.04 bits per heavy atom. The van der Waals surface area contributed by atoms with E-state index in [-0.39, 0.29) is 5.91 Å². The lowest BCUT2D eigenvalue weighted by molar-refractivity contribution is -0.129. The maximum Gasteiger partial charge on any atom is 0.240 e. The Morgan fingerprint density at radius 3 is 2.33 bits per heavy atom. The number of likely N-dealkylation sites (N-methyl/N-ethyl adjacent to an activating group) is 1. The molecule has 1 atom stereocenters. The third kappa shape index (κ3) is 3.78. The Labute approximate surface area is 144 Å². The van der Waals surface area contributed by atoms with Crippen LogP contribution in [0.3, 0.4) is 0 Å². The van der Waals surface area contributed by atoms with Crippen molar-refractivity contribution in [2.45, 2.75) is 37.7 Å². The fourth-order valence-corrected chi connectivity index (χ4v) is 4.05. The summed E-state index contributed by atoms with van der Waals surface area (Å²) in [5.74, 6) is -0.344. The van der Waals surface area contributed by atoms with Gasteiger partial charge in [-0.15, -0.1) is 0 Å². The molecule has 1 unspecified atom stereocenters. The predicted molar refractivity (Wildman–Crippen MR) is 98.8 cm³/mol. The summed E-state index contributed by atoms with van der Waals surface area (Å²) < 4.78 is 24.4. The molecule has 24 heavy (non-hydrogen) atoms. The van der Waals surface area contributed by atoms with Gasteiger partial charge in [-0.3, -0.25) is 4.79 Å². The van der Waals surface area contributed by atoms with Crippen molar-refractivity contribution in [3.8, 4) is 0 Å². The fourth-order valence-electron chi connectivity index (χ4n) is 2.77. The van der Waals surface area contributed by atoms with Crippen LogP contribution in [-0.2, 0) is 21.1 Å². The molecule has 0 saturated carbocycles. The average molecular weight is 347 g/mol. The van der Waals surface area contributed by atoms with Gasteiger partial charge >= 0.3 is 0 Å². The number of carbonyl (C=O) groups is 1. The molecule has 0 aromatic heterocycles. The van der Waals surface area contributed by atoms with Crippen LogP contribution in [0.1, 0.15) is 26.3 Å². The number of sulfone groups is 1. The van der Waals surface area contributed by atoms with Crippen molar-refractivity contribution >= 4 is 26.5 Å². The molecular formula is C19H25NO3S. The summed E-state index contributed by atoms with van der Waals surface area (Å²) in [5.41, 5.74) is 1.16. The van der Waals surface area contributed by atoms with Gasteiger partial charge in [0.05, 0.1) is 5.25 Å². The second kappa shape index (κ2) is 7.34. The van der Waals surface area contributed by atoms with Gasteiger partial charge in [0.25, 0.3) is 0 Å². The van der Waals surface area contributed by atoms with E-state index in [4.69, 9.17) is 0 Å². The molecule has 0 aliphatic carbocycles. The van der Waals surface area contributed by atoms with E-state index in [0.717, 1.165) is 5.56 Å². The van der Waals surface area contributed by atoms with E-state index in [1.165, 1.54) is 22.6 Å². The van der Waals surface area contributed by atoms with Gasteiger partial charge in [-0.05, 0) is 43.5 Å². The van der Waals surface area contributed by atoms with E-state index in [9.17, 15) is 13.2 Å². The van der Waals surface area contributed by atoms with E-state index >= 15 is 0 Å². The van der Waals surface area contributed by atoms with Crippen molar-refractivity contribution in [1.29, 1.82) is 0 Å². The highest BCUT2D eigenvalue weighted by molar-refractivity contribution is 7.93. The van der Waals surface area contributed by atoms with Gasteiger partial charge in [-0.2, -0.15) is 0 Å². The average Bonchev–Trinajstić information content (AvgIpc) is 2.57. The van der Waals surface area contributed by atoms with Crippen molar-refractivity contribution in [3.63, 3.8) is 0 Å². The van der Waals surface area contributed by atoms with Gasteiger partial charge in [0.1, 0.15) is 5.25 Å². The summed E-state index contributed by atoms with van der Waals surface area (Å²) in [6.45, 7) is 5.18. The first-order valence-corrected chi connectivity index (χ1v) is 9.80. The highest BCUT2D eigenvalue weighted by Gasteiger charge is 2.32. The minimum atomic E-state index is -3.43. The molecule has 0 bridgehead atoms. The molecule has 0 spiro atoms. The smallest absolute Gasteiger partial charge is 0.240 e. The second-order valence-corrected chi connectivity index (χ2v) is 9.26. The van der Waals surface area contributed by atoms with Gasteiger partial charge in [-0.1, -0.05) is 42.5 Å². The van der Waals surface area contributed by atoms with E-state index < -0.39 is 20.3 Å². The standard InChI is InChI=1S/C19H25NO3S/c1-14(2)24(22,23)15(3)19(21)20(4)13-12-17-10-7-9-16-8-5-6-11-18(16)17/h5-11,14-15H,12-13H2,1-4H3. The van der Waals surface area contributed by atoms with Crippen molar-refractivity contribution in [3.05, 3.63) is 48.0 Å². The third-order valence-corrected chi connectivity index (χ3v) is 6.97. The van der Waals surface area contributed by atoms with Gasteiger partial charge in [0.15, 0.2) is 9.84 Å². The van der Waals surface area contributed by atoms with Crippen LogP contribution in [0.25, 0.3) is 10.8 Å². The van der Waals surface area contributed by atoms with E-state index in [2.05, 4.69) is 24.3 Å². The zero-order valence-electron chi connectivity index (χ0n) is 14.7. The quantitative estimate of drug-likeness (QED) is 0.807. The number of fused-ring (bicyclic) bond motifs is 1. The molecule has 2 aromatic carbocycles. The Kier molecular flexibility index (Phi) is 5.65. The minimum absolute atomic E-state index is 0.344. The molecule has 0 fully saturated rings. The number of rotatable bonds is 6. The van der Waals surface area contributed by atoms with Crippen LogP contribution in [0.15, 0.2) is 42.5 Å². The minimum Gasteiger partial charge on any atom is -0.344 e. The van der Waals surface area contributed by atoms with E-state index in [1.54, 1.807) is 20.9 Å². The first-order valence-electron chi connectivity index (χ1n) is 8.19. The van der Waals surface area contributed by atoms with Crippen LogP contribution in [0.4, 0.5) is 0 Å². The SMILES string of the molecule is CC(C)S(=O)(=O)C(C)C(=O)N(C)CCc1cccc2ccccc12. The maximum atomic E-state index is 12.4. The highest BCUT2D eigenvalue weighted by Crippen LogP contribution is 2.19. The normalized spacial score (nSPS) is 13.2. The highest BCUT2D eigenvalue weighted by atomic mass is 32.2. The Bertz CT molecular complexity index is 822. The maximum absolute atomic E-state index is 12.4. The molecule has 0 aliphatic heterocycles. The largest absolute Gasteiger partial charge is 0.344 e. The number of nitrogens with zero attached hydrogens (tertiary/aromatic N) is 1. The number of hydrogen-bond acceptors (Lipinski definition) is 3. The Morgan fingerprint density at radius 2 is 1.67 bits per heavy atom. The van der Waals surface area contributed by atoms with E-state index in [0.29, 0.717) is 13.0 Å². The molecule has 0 aliphatic rings. The van der Waals surface area contributed by atoms with Crippen LogP contribution < -0.4 is 0 Å². The van der Waals surface area contributed by atoms with Crippen molar-refractivity contribution in [2.24, 2.45) is 0 Å². The van der Waals surface area contributed by atoms with Crippen LogP contribution in [0.5, 0.6) is 0 Å². The summed E-state index contributed by atoms with van der Waals surface area (Å²) in [6, 6.07) is 14.2. The summed E-state index contributed by atoms with van der Waals surface area (Å²) in [4.78, 5) is 13.9. The van der Waals surface area contributed by atoms with Crippen molar-refractivity contribution < 1.29 is 13.2 Å². The first-order chi connectivity index (χ1) is 11.2. The molecule has 2 aromatic rings. The van der Waals surface area contributed by atoms with Gasteiger partial charge in [0.2, 0.25) is 5.91 Å². The molecule has 0 N–H and O–H groups in total. The lowest BCUT2D eigenvalue weighted by atomic mass is 10.0. The number of benzene rings is 2. The second-order valence-electron chi connectivity index (χ2n) is 6.43. The summed E-state index contributed by atoms with van der Waals surface area (Å²) in [6.07, 6.45) is 0.692. The zero-order valence-corrected chi connectivity index (χ0v) is 15.5. The molecule has 0 heterocycles. The molecule has 4 nitrogen and oxygen atoms in total. The molecule has 2 rings (SSSR count). The first kappa shape index (κ1) is 18.5. The summed E-state index contributed by atoms with van der Waals surface area (Å²) in [5, 5.41) is 0.779. The molecule has 0 radical (unpaired) electrons. The molecule has 5 heteroatoms. The molecule has 1 amide bonds. The third-order valence-electron chi connectivity index (χ3n) is 4.47. The van der Waals surface area contributed by atoms with Crippen LogP contribution >= 0.6 is 0 Å². The Hall–Kier alpha value is -1.88. The fraction of sp³-hybridized carbons (Fsp3) is 0.421. The Balaban J connectivity index is 2.10. The number of carbonyl (C=O) groups excluding carboxylic acids is 1. The number of amides is 1. The van der Waals surface area contributed by atoms with Gasteiger partial charge < -0.3 is 4.90 Å². The van der Waals surface area contributed by atoms with Crippen LogP contribution in [0, 0.1) is 0 Å². The van der Waals surface area contributed by atoms with Crippen molar-refractivity contribution in [2.75, 3.05) is 13.6 Å². The lowest BCUT2D eigenvalue weighted by Crippen LogP contribution is -2.42. The molecule has 130 valence electrons. The summed E-state index contributed by atoms with van der Waals surface area (Å²) in [7, 11) is -1.76. The van der Waals surface area contributed by atoms with E-state index in [1.807, 2.05) is 18.2 Å². The van der Waals surface area contributed by atoms with Crippen molar-refractivity contribution in [1.82, 2.24) is 4.90 Å². The zero-order chi connectivity index (χ0) is 17.9. The molecule has 0 saturated heterocycles. The summed E-state index contributed by atoms with van der Waals surface area (Å²) >= 11 is 0. The predicted octanol–water partition coefficient (Wildman–Crippen LogP) is 3.05. The number of hydrogen-bond donors (Lipinski definition) is 0. The lowest BCUT2D eigenvalue weighted by Gasteiger charge is -2.23. The monoisotopic (exact) mass is 347 g/mol. The molecular weight excluding hydrogens is 322 g/mol. The van der Waals surface area contributed by atoms with Gasteiger partial charge in [0, 0.05) is 13.6 Å².